The molecule has 6 heteroatoms. The second-order valence-electron chi connectivity index (χ2n) is 5.03. The summed E-state index contributed by atoms with van der Waals surface area (Å²) in [7, 11) is 0. The van der Waals surface area contributed by atoms with E-state index in [1.165, 1.54) is 24.3 Å². The van der Waals surface area contributed by atoms with Crippen molar-refractivity contribution >= 4 is 11.5 Å². The van der Waals surface area contributed by atoms with Crippen LogP contribution in [0.4, 0.5) is 5.69 Å². The first-order valence-corrected chi connectivity index (χ1v) is 6.29. The molecule has 4 N–H and O–H groups in total. The van der Waals surface area contributed by atoms with Gasteiger partial charge in [0.1, 0.15) is 0 Å². The fourth-order valence-corrected chi connectivity index (χ4v) is 2.51. The highest BCUT2D eigenvalue weighted by Gasteiger charge is 2.42. The molecule has 0 saturated heterocycles. The lowest BCUT2D eigenvalue weighted by Crippen LogP contribution is -2.62. The lowest BCUT2D eigenvalue weighted by atomic mass is 9.74. The zero-order valence-electron chi connectivity index (χ0n) is 10.5. The Hall–Kier alpha value is -1.79. The predicted octanol–water partition coefficient (Wildman–Crippen LogP) is 1.38. The molecular weight excluding hydrogens is 246 g/mol. The summed E-state index contributed by atoms with van der Waals surface area (Å²) in [5, 5.41) is 10.6. The summed E-state index contributed by atoms with van der Waals surface area (Å²) in [6.45, 7) is 0. The number of hydrogen-bond acceptors (Lipinski definition) is 5. The summed E-state index contributed by atoms with van der Waals surface area (Å²) in [4.78, 5) is 22.5. The third-order valence-electron chi connectivity index (χ3n) is 3.78. The molecule has 0 bridgehead atoms. The molecule has 2 rings (SSSR count). The minimum Gasteiger partial charge on any atom is -0.326 e. The quantitative estimate of drug-likeness (QED) is 0.486. The van der Waals surface area contributed by atoms with Gasteiger partial charge in [-0.3, -0.25) is 14.9 Å². The maximum Gasteiger partial charge on any atom is 0.269 e. The van der Waals surface area contributed by atoms with Crippen LogP contribution in [0.2, 0.25) is 0 Å². The predicted molar refractivity (Wildman–Crippen MR) is 70.8 cm³/mol. The fourth-order valence-electron chi connectivity index (χ4n) is 2.51. The van der Waals surface area contributed by atoms with Crippen LogP contribution in [0.3, 0.4) is 0 Å². The van der Waals surface area contributed by atoms with E-state index in [0.717, 1.165) is 19.3 Å². The number of Topliss-reactive ketones (excluding diaryl/α,β-unsaturated/α-hetero) is 1. The normalized spacial score (nSPS) is 26.9. The number of ketones is 1. The van der Waals surface area contributed by atoms with Gasteiger partial charge in [-0.25, -0.2) is 0 Å². The van der Waals surface area contributed by atoms with Crippen LogP contribution in [0.5, 0.6) is 0 Å². The molecule has 0 heterocycles. The van der Waals surface area contributed by atoms with Gasteiger partial charge in [0.15, 0.2) is 5.78 Å². The van der Waals surface area contributed by atoms with E-state index in [2.05, 4.69) is 0 Å². The standard InChI is InChI=1S/C13H17N3O3/c14-11-3-1-2-8-13(11,15)12(17)9-4-6-10(7-5-9)16(18)19/h4-7,11H,1-3,8,14-15H2. The number of nitro groups is 1. The molecule has 0 aromatic heterocycles. The van der Waals surface area contributed by atoms with Crippen LogP contribution in [0.15, 0.2) is 24.3 Å². The Morgan fingerprint density at radius 3 is 2.47 bits per heavy atom. The molecule has 2 atom stereocenters. The van der Waals surface area contributed by atoms with E-state index in [1.807, 2.05) is 0 Å². The average Bonchev–Trinajstić information content (AvgIpc) is 2.41. The Labute approximate surface area is 110 Å². The monoisotopic (exact) mass is 263 g/mol. The van der Waals surface area contributed by atoms with E-state index < -0.39 is 10.5 Å². The van der Waals surface area contributed by atoms with E-state index >= 15 is 0 Å². The number of carbonyl (C=O) groups excluding carboxylic acids is 1. The number of nitro benzene ring substituents is 1. The van der Waals surface area contributed by atoms with Crippen molar-refractivity contribution < 1.29 is 9.72 Å². The Balaban J connectivity index is 2.25. The van der Waals surface area contributed by atoms with Crippen molar-refractivity contribution in [1.29, 1.82) is 0 Å². The van der Waals surface area contributed by atoms with Gasteiger partial charge in [0.05, 0.1) is 10.5 Å². The van der Waals surface area contributed by atoms with Crippen LogP contribution in [-0.2, 0) is 0 Å². The van der Waals surface area contributed by atoms with Crippen LogP contribution in [0, 0.1) is 10.1 Å². The first kappa shape index (κ1) is 13.6. The minimum absolute atomic E-state index is 0.0458. The molecule has 1 aliphatic carbocycles. The molecule has 1 saturated carbocycles. The number of rotatable bonds is 3. The summed E-state index contributed by atoms with van der Waals surface area (Å²) in [6, 6.07) is 5.15. The summed E-state index contributed by atoms with van der Waals surface area (Å²) in [6.07, 6.45) is 3.15. The second-order valence-corrected chi connectivity index (χ2v) is 5.03. The zero-order valence-corrected chi connectivity index (χ0v) is 10.5. The molecule has 6 nitrogen and oxygen atoms in total. The lowest BCUT2D eigenvalue weighted by Gasteiger charge is -2.37. The Morgan fingerprint density at radius 2 is 1.95 bits per heavy atom. The van der Waals surface area contributed by atoms with Gasteiger partial charge in [-0.2, -0.15) is 0 Å². The molecule has 1 aromatic carbocycles. The van der Waals surface area contributed by atoms with Crippen molar-refractivity contribution in [3.63, 3.8) is 0 Å². The molecule has 19 heavy (non-hydrogen) atoms. The lowest BCUT2D eigenvalue weighted by molar-refractivity contribution is -0.384. The maximum absolute atomic E-state index is 12.4. The molecule has 0 amide bonds. The third-order valence-corrected chi connectivity index (χ3v) is 3.78. The highest BCUT2D eigenvalue weighted by atomic mass is 16.6. The number of benzene rings is 1. The Morgan fingerprint density at radius 1 is 1.32 bits per heavy atom. The van der Waals surface area contributed by atoms with Gasteiger partial charge in [-0.15, -0.1) is 0 Å². The maximum atomic E-state index is 12.4. The molecule has 1 aliphatic rings. The van der Waals surface area contributed by atoms with Crippen molar-refractivity contribution in [2.24, 2.45) is 11.5 Å². The minimum atomic E-state index is -1.05. The number of non-ortho nitro benzene ring substituents is 1. The molecule has 0 spiro atoms. The molecule has 102 valence electrons. The van der Waals surface area contributed by atoms with Gasteiger partial charge in [-0.05, 0) is 25.0 Å². The van der Waals surface area contributed by atoms with E-state index in [0.29, 0.717) is 12.0 Å². The average molecular weight is 263 g/mol. The van der Waals surface area contributed by atoms with Crippen molar-refractivity contribution in [3.05, 3.63) is 39.9 Å². The first-order chi connectivity index (χ1) is 8.95. The van der Waals surface area contributed by atoms with Crippen molar-refractivity contribution in [2.75, 3.05) is 0 Å². The van der Waals surface area contributed by atoms with Crippen LogP contribution in [0.25, 0.3) is 0 Å². The van der Waals surface area contributed by atoms with Crippen LogP contribution >= 0.6 is 0 Å². The SMILES string of the molecule is NC1CCCCC1(N)C(=O)c1ccc([N+](=O)[O-])cc1. The Bertz CT molecular complexity index is 500. The summed E-state index contributed by atoms with van der Waals surface area (Å²) in [5.74, 6) is -0.227. The molecule has 0 aliphatic heterocycles. The highest BCUT2D eigenvalue weighted by Crippen LogP contribution is 2.29. The zero-order chi connectivity index (χ0) is 14.0. The van der Waals surface area contributed by atoms with Crippen LogP contribution in [0.1, 0.15) is 36.0 Å². The van der Waals surface area contributed by atoms with Gasteiger partial charge in [-0.1, -0.05) is 12.8 Å². The van der Waals surface area contributed by atoms with Gasteiger partial charge in [0, 0.05) is 23.7 Å². The van der Waals surface area contributed by atoms with Crippen molar-refractivity contribution in [1.82, 2.24) is 0 Å². The van der Waals surface area contributed by atoms with Crippen molar-refractivity contribution in [2.45, 2.75) is 37.3 Å². The summed E-state index contributed by atoms with van der Waals surface area (Å²) in [5.41, 5.74) is 11.4. The first-order valence-electron chi connectivity index (χ1n) is 6.29. The van der Waals surface area contributed by atoms with Gasteiger partial charge in [0.25, 0.3) is 5.69 Å². The number of nitrogens with two attached hydrogens (primary N) is 2. The smallest absolute Gasteiger partial charge is 0.269 e. The van der Waals surface area contributed by atoms with Crippen LogP contribution in [-0.4, -0.2) is 22.3 Å². The summed E-state index contributed by atoms with van der Waals surface area (Å²) >= 11 is 0. The third kappa shape index (κ3) is 2.50. The molecule has 2 unspecified atom stereocenters. The van der Waals surface area contributed by atoms with Gasteiger partial charge < -0.3 is 11.5 Å². The number of hydrogen-bond donors (Lipinski definition) is 2. The van der Waals surface area contributed by atoms with Crippen molar-refractivity contribution in [3.8, 4) is 0 Å². The summed E-state index contributed by atoms with van der Waals surface area (Å²) < 4.78 is 0. The Kier molecular flexibility index (Phi) is 3.64. The second kappa shape index (κ2) is 5.07. The number of nitrogens with zero attached hydrogens (tertiary/aromatic N) is 1. The van der Waals surface area contributed by atoms with E-state index in [4.69, 9.17) is 11.5 Å². The van der Waals surface area contributed by atoms with E-state index in [9.17, 15) is 14.9 Å². The van der Waals surface area contributed by atoms with E-state index in [-0.39, 0.29) is 17.5 Å². The molecule has 1 fully saturated rings. The fraction of sp³-hybridized carbons (Fsp3) is 0.462. The largest absolute Gasteiger partial charge is 0.326 e. The van der Waals surface area contributed by atoms with E-state index in [1.54, 1.807) is 0 Å². The number of carbonyl (C=O) groups is 1. The molecule has 0 radical (unpaired) electrons. The topological polar surface area (TPSA) is 112 Å². The van der Waals surface area contributed by atoms with Crippen LogP contribution < -0.4 is 11.5 Å². The van der Waals surface area contributed by atoms with Gasteiger partial charge >= 0.3 is 0 Å². The molecular formula is C13H17N3O3. The van der Waals surface area contributed by atoms with Gasteiger partial charge in [0.2, 0.25) is 0 Å². The highest BCUT2D eigenvalue weighted by molar-refractivity contribution is 6.03. The molecule has 1 aromatic rings.